The Morgan fingerprint density at radius 3 is 2.47 bits per heavy atom. The summed E-state index contributed by atoms with van der Waals surface area (Å²) in [4.78, 5) is 22.9. The van der Waals surface area contributed by atoms with Crippen LogP contribution in [-0.4, -0.2) is 44.1 Å². The first-order chi connectivity index (χ1) is 16.7. The summed E-state index contributed by atoms with van der Waals surface area (Å²) in [7, 11) is 4.52. The Kier molecular flexibility index (Phi) is 12.9. The van der Waals surface area contributed by atoms with Gasteiger partial charge in [0, 0.05) is 42.5 Å². The summed E-state index contributed by atoms with van der Waals surface area (Å²) >= 11 is 0. The molecule has 190 valence electrons. The number of hydrogen-bond donors (Lipinski definition) is 3. The van der Waals surface area contributed by atoms with Gasteiger partial charge in [-0.05, 0) is 30.5 Å². The fraction of sp³-hybridized carbons (Fsp3) is 0.429. The van der Waals surface area contributed by atoms with Gasteiger partial charge in [0.1, 0.15) is 5.75 Å². The van der Waals surface area contributed by atoms with Crippen LogP contribution in [0.15, 0.2) is 30.3 Å². The number of hydrogen-bond acceptors (Lipinski definition) is 5. The predicted octanol–water partition coefficient (Wildman–Crippen LogP) is 1.60. The second-order valence-electron chi connectivity index (χ2n) is 9.55. The molecule has 2 fully saturated rings. The Labute approximate surface area is 261 Å². The minimum absolute atomic E-state index is 0. The zero-order chi connectivity index (χ0) is 25.4. The number of benzene rings is 2. The summed E-state index contributed by atoms with van der Waals surface area (Å²) in [6.07, 6.45) is 8.23. The molecule has 1 aliphatic carbocycles. The van der Waals surface area contributed by atoms with Gasteiger partial charge in [-0.1, -0.05) is 25.8 Å². The van der Waals surface area contributed by atoms with Crippen molar-refractivity contribution in [3.63, 3.8) is 0 Å². The minimum Gasteiger partial charge on any atom is -0.496 e. The van der Waals surface area contributed by atoms with Crippen molar-refractivity contribution in [3.8, 4) is 5.75 Å². The molecule has 6 nitrogen and oxygen atoms in total. The Hall–Kier alpha value is -0.924. The van der Waals surface area contributed by atoms with Gasteiger partial charge in [-0.15, -0.1) is 15.3 Å². The molecule has 1 unspecified atom stereocenters. The quantitative estimate of drug-likeness (QED) is 0.286. The Morgan fingerprint density at radius 2 is 1.89 bits per heavy atom. The van der Waals surface area contributed by atoms with Gasteiger partial charge in [0.2, 0.25) is 5.91 Å². The number of carbonyl (C=O) groups excluding carboxylic acids is 2. The maximum Gasteiger partial charge on any atom is 1.00 e. The van der Waals surface area contributed by atoms with E-state index in [4.69, 9.17) is 4.74 Å². The minimum atomic E-state index is 0. The summed E-state index contributed by atoms with van der Waals surface area (Å²) in [6, 6.07) is 9.59. The van der Waals surface area contributed by atoms with Crippen LogP contribution in [0.25, 0.3) is 0 Å². The maximum atomic E-state index is 12.1. The van der Waals surface area contributed by atoms with Crippen LogP contribution < -0.4 is 72.1 Å². The van der Waals surface area contributed by atoms with E-state index < -0.39 is 0 Å². The number of amides is 1. The first-order valence-electron chi connectivity index (χ1n) is 12.1. The molecule has 2 aromatic carbocycles. The van der Waals surface area contributed by atoms with Gasteiger partial charge in [0.05, 0.1) is 7.11 Å². The van der Waals surface area contributed by atoms with Gasteiger partial charge >= 0.3 is 51.4 Å². The van der Waals surface area contributed by atoms with Crippen molar-refractivity contribution in [2.45, 2.75) is 44.7 Å². The standard InChI is InChI=1S/C15H20NO2.C13H17N2OP.K/c1-11-8-9-13(10-14(11)18-2)16-15(17)12-6-4-3-5-7-12;1-9-3-12(4-11(5-16)10(9)2)15-8-13(17)6-14-7-13;/h3,8-10,12H,4-7H2,1-2H3,(H,16,17);3-4,14-15H,2,6-8,17H2,1H3;/q-1;-2;+1. The number of anilines is 2. The number of rotatable bonds is 7. The van der Waals surface area contributed by atoms with E-state index in [-0.39, 0.29) is 68.4 Å². The van der Waals surface area contributed by atoms with Crippen molar-refractivity contribution in [1.29, 1.82) is 0 Å². The van der Waals surface area contributed by atoms with Gasteiger partial charge in [-0.2, -0.15) is 18.9 Å². The van der Waals surface area contributed by atoms with Crippen molar-refractivity contribution < 1.29 is 65.7 Å². The second-order valence-corrected chi connectivity index (χ2v) is 10.8. The first kappa shape index (κ1) is 31.3. The Bertz CT molecular complexity index is 1040. The monoisotopic (exact) mass is 533 g/mol. The molecule has 0 aromatic heterocycles. The van der Waals surface area contributed by atoms with E-state index in [2.05, 4.69) is 38.5 Å². The third kappa shape index (κ3) is 8.83. The summed E-state index contributed by atoms with van der Waals surface area (Å²) in [6.45, 7) is 10.7. The molecule has 0 spiro atoms. The first-order valence-corrected chi connectivity index (χ1v) is 12.7. The van der Waals surface area contributed by atoms with Crippen LogP contribution in [-0.2, 0) is 9.59 Å². The number of methoxy groups -OCH3 is 1. The Morgan fingerprint density at radius 1 is 1.19 bits per heavy atom. The van der Waals surface area contributed by atoms with Crippen molar-refractivity contribution >= 4 is 32.8 Å². The summed E-state index contributed by atoms with van der Waals surface area (Å²) in [5.74, 6) is 1.10. The molecule has 1 saturated carbocycles. The number of aryl methyl sites for hydroxylation is 2. The van der Waals surface area contributed by atoms with E-state index in [1.165, 1.54) is 0 Å². The average molecular weight is 534 g/mol. The van der Waals surface area contributed by atoms with E-state index in [9.17, 15) is 9.59 Å². The molecule has 1 atom stereocenters. The number of carbonyl (C=O) groups is 1. The summed E-state index contributed by atoms with van der Waals surface area (Å²) in [5.41, 5.74) is 5.16. The fourth-order valence-electron chi connectivity index (χ4n) is 4.19. The maximum absolute atomic E-state index is 12.1. The van der Waals surface area contributed by atoms with Crippen LogP contribution in [0.1, 0.15) is 47.9 Å². The Balaban J connectivity index is 0.000000247. The van der Waals surface area contributed by atoms with E-state index in [1.807, 2.05) is 50.5 Å². The topological polar surface area (TPSA) is 79.5 Å². The molecular weight excluding hydrogens is 496 g/mol. The molecule has 2 aromatic rings. The smallest absolute Gasteiger partial charge is 0.496 e. The molecule has 3 N–H and O–H groups in total. The van der Waals surface area contributed by atoms with Gasteiger partial charge in [0.15, 0.2) is 0 Å². The number of nitrogens with one attached hydrogen (secondary N) is 3. The van der Waals surface area contributed by atoms with E-state index >= 15 is 0 Å². The molecule has 36 heavy (non-hydrogen) atoms. The van der Waals surface area contributed by atoms with Crippen LogP contribution in [0.3, 0.4) is 0 Å². The molecule has 4 rings (SSSR count). The molecule has 1 aliphatic heterocycles. The van der Waals surface area contributed by atoms with Crippen molar-refractivity contribution in [2.75, 3.05) is 37.4 Å². The van der Waals surface area contributed by atoms with Crippen LogP contribution >= 0.6 is 9.24 Å². The van der Waals surface area contributed by atoms with E-state index in [1.54, 1.807) is 7.11 Å². The molecule has 1 amide bonds. The molecule has 0 radical (unpaired) electrons. The fourth-order valence-corrected chi connectivity index (χ4v) is 4.58. The summed E-state index contributed by atoms with van der Waals surface area (Å²) in [5, 5.41) is 9.83. The average Bonchev–Trinajstić information content (AvgIpc) is 2.85. The molecule has 2 aliphatic rings. The largest absolute Gasteiger partial charge is 1.00 e. The van der Waals surface area contributed by atoms with Gasteiger partial charge < -0.3 is 31.9 Å². The van der Waals surface area contributed by atoms with Gasteiger partial charge in [-0.3, -0.25) is 22.8 Å². The van der Waals surface area contributed by atoms with E-state index in [0.29, 0.717) is 5.56 Å². The van der Waals surface area contributed by atoms with Gasteiger partial charge in [-0.25, -0.2) is 5.56 Å². The molecule has 8 heteroatoms. The normalized spacial score (nSPS) is 16.3. The number of ether oxygens (including phenoxy) is 1. The second kappa shape index (κ2) is 14.9. The molecular formula is C28H37KN3O3P-2. The van der Waals surface area contributed by atoms with Crippen LogP contribution in [0, 0.1) is 33.1 Å². The SMILES string of the molecule is COc1cc(NC(=O)C2CC[CH-]CC2)ccc1C.[CH2-]c1c(C)cc(NCC2(P)CNC2)cc1[C-]=O.[K+]. The third-order valence-electron chi connectivity index (χ3n) is 6.67. The summed E-state index contributed by atoms with van der Waals surface area (Å²) < 4.78 is 5.26. The molecule has 1 heterocycles. The van der Waals surface area contributed by atoms with Gasteiger partial charge in [0.25, 0.3) is 0 Å². The molecule has 0 bridgehead atoms. The van der Waals surface area contributed by atoms with Crippen molar-refractivity contribution in [1.82, 2.24) is 5.32 Å². The zero-order valence-corrected chi connectivity index (χ0v) is 26.3. The van der Waals surface area contributed by atoms with Crippen LogP contribution in [0.5, 0.6) is 5.75 Å². The van der Waals surface area contributed by atoms with Crippen molar-refractivity contribution in [2.24, 2.45) is 5.92 Å². The predicted molar refractivity (Wildman–Crippen MR) is 147 cm³/mol. The van der Waals surface area contributed by atoms with Crippen molar-refractivity contribution in [3.05, 3.63) is 65.9 Å². The molecule has 1 saturated heterocycles. The third-order valence-corrected chi connectivity index (χ3v) is 7.28. The van der Waals surface area contributed by atoms with Crippen LogP contribution in [0.2, 0.25) is 0 Å². The zero-order valence-electron chi connectivity index (χ0n) is 22.0. The van der Waals surface area contributed by atoms with E-state index in [0.717, 1.165) is 79.1 Å². The van der Waals surface area contributed by atoms with Crippen LogP contribution in [0.4, 0.5) is 11.4 Å².